The number of anilines is 1. The van der Waals surface area contributed by atoms with E-state index in [1.807, 2.05) is 32.0 Å². The molecule has 0 spiro atoms. The van der Waals surface area contributed by atoms with Crippen LogP contribution in [0.25, 0.3) is 0 Å². The third-order valence-electron chi connectivity index (χ3n) is 4.73. The van der Waals surface area contributed by atoms with E-state index in [2.05, 4.69) is 5.32 Å². The number of carboxylic acids is 1. The van der Waals surface area contributed by atoms with Gasteiger partial charge in [0.15, 0.2) is 0 Å². The first-order valence-corrected chi connectivity index (χ1v) is 8.05. The Morgan fingerprint density at radius 3 is 2.17 bits per heavy atom. The molecule has 2 bridgehead atoms. The summed E-state index contributed by atoms with van der Waals surface area (Å²) < 4.78 is 5.58. The minimum absolute atomic E-state index is 0.273. The van der Waals surface area contributed by atoms with Gasteiger partial charge in [0.1, 0.15) is 5.92 Å². The summed E-state index contributed by atoms with van der Waals surface area (Å²) in [5, 5.41) is 12.4. The van der Waals surface area contributed by atoms with Gasteiger partial charge < -0.3 is 15.2 Å². The number of hydrogen-bond acceptors (Lipinski definition) is 3. The standard InChI is InChI=1S/C18H21NO4/c1-3-10-6-5-7-11(4-2)16(10)19-17(20)14-12-8-9-13(23-12)15(14)18(21)22/h5-9,12-15H,3-4H2,1-2H3,(H,19,20)(H,21,22)/t12-,13-,14+,15-/m1/s1. The van der Waals surface area contributed by atoms with Gasteiger partial charge in [-0.3, -0.25) is 9.59 Å². The van der Waals surface area contributed by atoms with Crippen molar-refractivity contribution in [1.82, 2.24) is 0 Å². The molecule has 2 aliphatic rings. The van der Waals surface area contributed by atoms with Gasteiger partial charge in [0, 0.05) is 5.69 Å². The first-order chi connectivity index (χ1) is 11.1. The Bertz CT molecular complexity index is 645. The van der Waals surface area contributed by atoms with Gasteiger partial charge in [-0.25, -0.2) is 0 Å². The summed E-state index contributed by atoms with van der Waals surface area (Å²) in [6.45, 7) is 4.07. The second kappa shape index (κ2) is 6.16. The largest absolute Gasteiger partial charge is 0.481 e. The van der Waals surface area contributed by atoms with Gasteiger partial charge in [-0.1, -0.05) is 44.2 Å². The molecule has 5 heteroatoms. The zero-order valence-electron chi connectivity index (χ0n) is 13.3. The van der Waals surface area contributed by atoms with E-state index in [1.165, 1.54) is 0 Å². The zero-order chi connectivity index (χ0) is 16.6. The Labute approximate surface area is 135 Å². The molecule has 0 saturated carbocycles. The lowest BCUT2D eigenvalue weighted by Gasteiger charge is -2.22. The topological polar surface area (TPSA) is 75.6 Å². The number of nitrogens with one attached hydrogen (secondary N) is 1. The second-order valence-electron chi connectivity index (χ2n) is 5.99. The molecule has 3 rings (SSSR count). The van der Waals surface area contributed by atoms with E-state index in [9.17, 15) is 14.7 Å². The smallest absolute Gasteiger partial charge is 0.310 e. The van der Waals surface area contributed by atoms with Gasteiger partial charge in [-0.05, 0) is 24.0 Å². The lowest BCUT2D eigenvalue weighted by atomic mass is 9.82. The van der Waals surface area contributed by atoms with Crippen LogP contribution in [0, 0.1) is 11.8 Å². The molecule has 1 aromatic rings. The molecule has 1 amide bonds. The number of fused-ring (bicyclic) bond motifs is 2. The summed E-state index contributed by atoms with van der Waals surface area (Å²) in [6.07, 6.45) is 4.20. The SMILES string of the molecule is CCc1cccc(CC)c1NC(=O)[C@@H]1[C@H](C(=O)O)[C@H]2C=C[C@H]1O2. The van der Waals surface area contributed by atoms with Crippen LogP contribution in [0.1, 0.15) is 25.0 Å². The van der Waals surface area contributed by atoms with Crippen molar-refractivity contribution in [2.75, 3.05) is 5.32 Å². The lowest BCUT2D eigenvalue weighted by Crippen LogP contribution is -2.39. The van der Waals surface area contributed by atoms with Crippen LogP contribution in [0.3, 0.4) is 0 Å². The molecule has 1 aromatic carbocycles. The minimum Gasteiger partial charge on any atom is -0.481 e. The van der Waals surface area contributed by atoms with Crippen LogP contribution < -0.4 is 5.32 Å². The Hall–Kier alpha value is -2.14. The molecule has 0 aliphatic carbocycles. The highest BCUT2D eigenvalue weighted by Crippen LogP contribution is 2.40. The number of carbonyl (C=O) groups is 2. The van der Waals surface area contributed by atoms with Gasteiger partial charge in [0.2, 0.25) is 5.91 Å². The molecule has 2 N–H and O–H groups in total. The van der Waals surface area contributed by atoms with Crippen molar-refractivity contribution in [1.29, 1.82) is 0 Å². The number of aryl methyl sites for hydroxylation is 2. The van der Waals surface area contributed by atoms with E-state index < -0.39 is 30.0 Å². The molecular weight excluding hydrogens is 294 g/mol. The van der Waals surface area contributed by atoms with Crippen LogP contribution in [0.2, 0.25) is 0 Å². The average Bonchev–Trinajstić information content (AvgIpc) is 3.15. The zero-order valence-corrected chi connectivity index (χ0v) is 13.3. The van der Waals surface area contributed by atoms with Gasteiger partial charge >= 0.3 is 5.97 Å². The van der Waals surface area contributed by atoms with Crippen molar-refractivity contribution in [3.63, 3.8) is 0 Å². The highest BCUT2D eigenvalue weighted by atomic mass is 16.5. The molecule has 5 nitrogen and oxygen atoms in total. The Morgan fingerprint density at radius 2 is 1.65 bits per heavy atom. The molecule has 1 saturated heterocycles. The number of carbonyl (C=O) groups excluding carboxylic acids is 1. The summed E-state index contributed by atoms with van der Waals surface area (Å²) >= 11 is 0. The highest BCUT2D eigenvalue weighted by molar-refractivity contribution is 5.97. The van der Waals surface area contributed by atoms with Gasteiger partial charge in [-0.15, -0.1) is 0 Å². The fourth-order valence-corrected chi connectivity index (χ4v) is 3.52. The highest BCUT2D eigenvalue weighted by Gasteiger charge is 2.53. The maximum atomic E-state index is 12.8. The molecule has 2 aliphatic heterocycles. The molecule has 0 aromatic heterocycles. The van der Waals surface area contributed by atoms with Crippen LogP contribution in [0.4, 0.5) is 5.69 Å². The monoisotopic (exact) mass is 315 g/mol. The molecule has 0 unspecified atom stereocenters. The number of benzene rings is 1. The van der Waals surface area contributed by atoms with Crippen molar-refractivity contribution < 1.29 is 19.4 Å². The Kier molecular flexibility index (Phi) is 4.22. The predicted octanol–water partition coefficient (Wildman–Crippen LogP) is 2.40. The summed E-state index contributed by atoms with van der Waals surface area (Å²) in [5.74, 6) is -2.76. The average molecular weight is 315 g/mol. The minimum atomic E-state index is -0.985. The summed E-state index contributed by atoms with van der Waals surface area (Å²) in [5.41, 5.74) is 2.94. The number of carboxylic acid groups (broad SMARTS) is 1. The molecule has 2 heterocycles. The second-order valence-corrected chi connectivity index (χ2v) is 5.99. The molecule has 0 radical (unpaired) electrons. The van der Waals surface area contributed by atoms with E-state index in [-0.39, 0.29) is 5.91 Å². The summed E-state index contributed by atoms with van der Waals surface area (Å²) in [6, 6.07) is 5.96. The van der Waals surface area contributed by atoms with Crippen LogP contribution >= 0.6 is 0 Å². The third-order valence-corrected chi connectivity index (χ3v) is 4.73. The molecule has 122 valence electrons. The number of hydrogen-bond donors (Lipinski definition) is 2. The van der Waals surface area contributed by atoms with Crippen molar-refractivity contribution in [3.8, 4) is 0 Å². The summed E-state index contributed by atoms with van der Waals surface area (Å²) in [7, 11) is 0. The summed E-state index contributed by atoms with van der Waals surface area (Å²) in [4.78, 5) is 24.3. The van der Waals surface area contributed by atoms with Crippen LogP contribution in [0.15, 0.2) is 30.4 Å². The van der Waals surface area contributed by atoms with Crippen molar-refractivity contribution in [3.05, 3.63) is 41.5 Å². The van der Waals surface area contributed by atoms with E-state index in [1.54, 1.807) is 12.2 Å². The van der Waals surface area contributed by atoms with Crippen molar-refractivity contribution >= 4 is 17.6 Å². The number of ether oxygens (including phenoxy) is 1. The quantitative estimate of drug-likeness (QED) is 0.818. The lowest BCUT2D eigenvalue weighted by molar-refractivity contribution is -0.145. The van der Waals surface area contributed by atoms with E-state index in [0.29, 0.717) is 0 Å². The van der Waals surface area contributed by atoms with Gasteiger partial charge in [0.05, 0.1) is 18.1 Å². The van der Waals surface area contributed by atoms with Crippen LogP contribution in [-0.2, 0) is 27.2 Å². The first kappa shape index (κ1) is 15.7. The molecular formula is C18H21NO4. The fraction of sp³-hybridized carbons (Fsp3) is 0.444. The van der Waals surface area contributed by atoms with Crippen LogP contribution in [-0.4, -0.2) is 29.2 Å². The number of aliphatic carboxylic acids is 1. The molecule has 4 atom stereocenters. The predicted molar refractivity (Wildman–Crippen MR) is 86.2 cm³/mol. The van der Waals surface area contributed by atoms with Crippen LogP contribution in [0.5, 0.6) is 0 Å². The fourth-order valence-electron chi connectivity index (χ4n) is 3.52. The van der Waals surface area contributed by atoms with Crippen molar-refractivity contribution in [2.24, 2.45) is 11.8 Å². The maximum absolute atomic E-state index is 12.8. The first-order valence-electron chi connectivity index (χ1n) is 8.05. The molecule has 1 fully saturated rings. The van der Waals surface area contributed by atoms with E-state index >= 15 is 0 Å². The Morgan fingerprint density at radius 1 is 1.09 bits per heavy atom. The van der Waals surface area contributed by atoms with Gasteiger partial charge in [-0.2, -0.15) is 0 Å². The Balaban J connectivity index is 1.88. The maximum Gasteiger partial charge on any atom is 0.310 e. The number of rotatable bonds is 5. The third kappa shape index (κ3) is 2.65. The number of para-hydroxylation sites is 1. The van der Waals surface area contributed by atoms with E-state index in [4.69, 9.17) is 4.74 Å². The van der Waals surface area contributed by atoms with Gasteiger partial charge in [0.25, 0.3) is 0 Å². The number of amides is 1. The normalized spacial score (nSPS) is 28.1. The van der Waals surface area contributed by atoms with E-state index in [0.717, 1.165) is 29.7 Å². The van der Waals surface area contributed by atoms with Crippen molar-refractivity contribution in [2.45, 2.75) is 38.9 Å². The molecule has 23 heavy (non-hydrogen) atoms.